The molecule has 0 aliphatic heterocycles. The lowest BCUT2D eigenvalue weighted by atomic mass is 10.0. The van der Waals surface area contributed by atoms with Crippen LogP contribution < -0.4 is 10.1 Å². The van der Waals surface area contributed by atoms with Crippen molar-refractivity contribution in [3.05, 3.63) is 18.2 Å². The Morgan fingerprint density at radius 2 is 2.16 bits per heavy atom. The fourth-order valence-corrected chi connectivity index (χ4v) is 3.85. The molecule has 1 unspecified atom stereocenters. The first-order valence-corrected chi connectivity index (χ1v) is 7.79. The van der Waals surface area contributed by atoms with Gasteiger partial charge < -0.3 is 10.1 Å². The zero-order valence-electron chi connectivity index (χ0n) is 11.5. The van der Waals surface area contributed by atoms with E-state index < -0.39 is 0 Å². The number of thiazole rings is 1. The monoisotopic (exact) mass is 276 g/mol. The highest BCUT2D eigenvalue weighted by atomic mass is 32.1. The Kier molecular flexibility index (Phi) is 3.60. The lowest BCUT2D eigenvalue weighted by Crippen LogP contribution is -2.23. The van der Waals surface area contributed by atoms with Gasteiger partial charge in [0.25, 0.3) is 0 Å². The zero-order chi connectivity index (χ0) is 13.2. The molecule has 3 nitrogen and oxygen atoms in total. The van der Waals surface area contributed by atoms with Gasteiger partial charge in [-0.15, -0.1) is 0 Å². The second-order valence-electron chi connectivity index (χ2n) is 5.33. The third-order valence-corrected chi connectivity index (χ3v) is 5.00. The van der Waals surface area contributed by atoms with Crippen molar-refractivity contribution >= 4 is 26.7 Å². The van der Waals surface area contributed by atoms with E-state index in [1.54, 1.807) is 18.4 Å². The summed E-state index contributed by atoms with van der Waals surface area (Å²) in [5.41, 5.74) is 1.05. The number of nitrogens with zero attached hydrogens (tertiary/aromatic N) is 1. The summed E-state index contributed by atoms with van der Waals surface area (Å²) in [6.45, 7) is 2.28. The van der Waals surface area contributed by atoms with E-state index in [1.165, 1.54) is 30.4 Å². The number of aromatic nitrogens is 1. The summed E-state index contributed by atoms with van der Waals surface area (Å²) < 4.78 is 6.43. The van der Waals surface area contributed by atoms with Gasteiger partial charge in [0.15, 0.2) is 5.13 Å². The Bertz CT molecular complexity index is 560. The first-order valence-electron chi connectivity index (χ1n) is 6.97. The van der Waals surface area contributed by atoms with E-state index >= 15 is 0 Å². The predicted molar refractivity (Wildman–Crippen MR) is 81.2 cm³/mol. The third kappa shape index (κ3) is 2.68. The second kappa shape index (κ2) is 5.37. The maximum atomic E-state index is 5.25. The molecule has 0 saturated heterocycles. The van der Waals surface area contributed by atoms with Crippen molar-refractivity contribution in [3.8, 4) is 5.75 Å². The lowest BCUT2D eigenvalue weighted by Gasteiger charge is -2.19. The Labute approximate surface area is 118 Å². The minimum absolute atomic E-state index is 0.518. The minimum Gasteiger partial charge on any atom is -0.497 e. The van der Waals surface area contributed by atoms with Crippen LogP contribution in [0.1, 0.15) is 32.6 Å². The standard InChI is InChI=1S/C15H20N2OS/c1-10(11-5-3-4-6-11)16-15-17-13-8-7-12(18-2)9-14(13)19-15/h7-11H,3-6H2,1-2H3,(H,16,17). The van der Waals surface area contributed by atoms with Crippen molar-refractivity contribution in [3.63, 3.8) is 0 Å². The highest BCUT2D eigenvalue weighted by Gasteiger charge is 2.22. The van der Waals surface area contributed by atoms with Crippen LogP contribution in [0.25, 0.3) is 10.2 Å². The molecule has 0 radical (unpaired) electrons. The zero-order valence-corrected chi connectivity index (χ0v) is 12.3. The average molecular weight is 276 g/mol. The number of nitrogens with one attached hydrogen (secondary N) is 1. The summed E-state index contributed by atoms with van der Waals surface area (Å²) in [7, 11) is 1.70. The number of fused-ring (bicyclic) bond motifs is 1. The van der Waals surface area contributed by atoms with Crippen LogP contribution in [0.2, 0.25) is 0 Å². The molecule has 1 fully saturated rings. The normalized spacial score (nSPS) is 17.8. The number of hydrogen-bond donors (Lipinski definition) is 1. The van der Waals surface area contributed by atoms with E-state index in [-0.39, 0.29) is 0 Å². The van der Waals surface area contributed by atoms with Crippen molar-refractivity contribution in [1.29, 1.82) is 0 Å². The van der Waals surface area contributed by atoms with Gasteiger partial charge in [0.2, 0.25) is 0 Å². The predicted octanol–water partition coefficient (Wildman–Crippen LogP) is 4.30. The number of hydrogen-bond acceptors (Lipinski definition) is 4. The van der Waals surface area contributed by atoms with Gasteiger partial charge in [-0.1, -0.05) is 24.2 Å². The van der Waals surface area contributed by atoms with Crippen molar-refractivity contribution in [1.82, 2.24) is 4.98 Å². The van der Waals surface area contributed by atoms with Crippen molar-refractivity contribution in [2.45, 2.75) is 38.6 Å². The summed E-state index contributed by atoms with van der Waals surface area (Å²) in [6, 6.07) is 6.56. The Morgan fingerprint density at radius 3 is 2.89 bits per heavy atom. The van der Waals surface area contributed by atoms with E-state index in [1.807, 2.05) is 12.1 Å². The van der Waals surface area contributed by atoms with Crippen molar-refractivity contribution in [2.24, 2.45) is 5.92 Å². The molecule has 3 rings (SSSR count). The first-order chi connectivity index (χ1) is 9.26. The molecule has 1 aliphatic carbocycles. The Morgan fingerprint density at radius 1 is 1.37 bits per heavy atom. The molecule has 102 valence electrons. The number of benzene rings is 1. The molecule has 1 aromatic heterocycles. The summed E-state index contributed by atoms with van der Waals surface area (Å²) in [5, 5.41) is 4.61. The molecule has 1 aliphatic rings. The number of ether oxygens (including phenoxy) is 1. The van der Waals surface area contributed by atoms with Crippen LogP contribution in [-0.2, 0) is 0 Å². The maximum absolute atomic E-state index is 5.25. The van der Waals surface area contributed by atoms with Crippen LogP contribution in [0, 0.1) is 5.92 Å². The molecule has 1 heterocycles. The van der Waals surface area contributed by atoms with E-state index in [4.69, 9.17) is 4.74 Å². The Hall–Kier alpha value is -1.29. The SMILES string of the molecule is COc1ccc2nc(NC(C)C3CCCC3)sc2c1. The van der Waals surface area contributed by atoms with Gasteiger partial charge in [0.1, 0.15) is 5.75 Å². The smallest absolute Gasteiger partial charge is 0.184 e. The van der Waals surface area contributed by atoms with Crippen LogP contribution in [0.4, 0.5) is 5.13 Å². The van der Waals surface area contributed by atoms with E-state index in [9.17, 15) is 0 Å². The summed E-state index contributed by atoms with van der Waals surface area (Å²) in [6.07, 6.45) is 5.47. The highest BCUT2D eigenvalue weighted by molar-refractivity contribution is 7.22. The fraction of sp³-hybridized carbons (Fsp3) is 0.533. The van der Waals surface area contributed by atoms with Gasteiger partial charge in [-0.2, -0.15) is 0 Å². The van der Waals surface area contributed by atoms with Crippen LogP contribution in [0.3, 0.4) is 0 Å². The van der Waals surface area contributed by atoms with E-state index in [2.05, 4.69) is 23.3 Å². The molecule has 1 saturated carbocycles. The molecule has 1 atom stereocenters. The first kappa shape index (κ1) is 12.7. The van der Waals surface area contributed by atoms with Crippen LogP contribution >= 0.6 is 11.3 Å². The largest absolute Gasteiger partial charge is 0.497 e. The van der Waals surface area contributed by atoms with Crippen LogP contribution in [-0.4, -0.2) is 18.1 Å². The van der Waals surface area contributed by atoms with Gasteiger partial charge in [-0.05, 0) is 43.9 Å². The fourth-order valence-electron chi connectivity index (χ4n) is 2.86. The molecule has 4 heteroatoms. The summed E-state index contributed by atoms with van der Waals surface area (Å²) in [4.78, 5) is 4.65. The molecule has 1 aromatic carbocycles. The van der Waals surface area contributed by atoms with Crippen molar-refractivity contribution < 1.29 is 4.74 Å². The van der Waals surface area contributed by atoms with Gasteiger partial charge in [-0.25, -0.2) is 4.98 Å². The molecule has 0 bridgehead atoms. The molecular formula is C15H20N2OS. The topological polar surface area (TPSA) is 34.1 Å². The molecule has 0 spiro atoms. The van der Waals surface area contributed by atoms with E-state index in [0.29, 0.717) is 6.04 Å². The maximum Gasteiger partial charge on any atom is 0.184 e. The van der Waals surface area contributed by atoms with Gasteiger partial charge in [0.05, 0.1) is 17.3 Å². The van der Waals surface area contributed by atoms with Crippen molar-refractivity contribution in [2.75, 3.05) is 12.4 Å². The minimum atomic E-state index is 0.518. The molecule has 1 N–H and O–H groups in total. The second-order valence-corrected chi connectivity index (χ2v) is 6.36. The third-order valence-electron chi connectivity index (χ3n) is 4.05. The average Bonchev–Trinajstić information content (AvgIpc) is 3.06. The quantitative estimate of drug-likeness (QED) is 0.904. The van der Waals surface area contributed by atoms with Gasteiger partial charge in [-0.3, -0.25) is 0 Å². The summed E-state index contributed by atoms with van der Waals surface area (Å²) >= 11 is 1.71. The molecule has 19 heavy (non-hydrogen) atoms. The molecule has 0 amide bonds. The van der Waals surface area contributed by atoms with Crippen LogP contribution in [0.15, 0.2) is 18.2 Å². The highest BCUT2D eigenvalue weighted by Crippen LogP contribution is 2.33. The molecular weight excluding hydrogens is 256 g/mol. The lowest BCUT2D eigenvalue weighted by molar-refractivity contribution is 0.415. The number of methoxy groups -OCH3 is 1. The Balaban J connectivity index is 1.77. The van der Waals surface area contributed by atoms with Gasteiger partial charge >= 0.3 is 0 Å². The summed E-state index contributed by atoms with van der Waals surface area (Å²) in [5.74, 6) is 1.70. The number of rotatable bonds is 4. The van der Waals surface area contributed by atoms with Crippen LogP contribution in [0.5, 0.6) is 5.75 Å². The van der Waals surface area contributed by atoms with Gasteiger partial charge in [0, 0.05) is 6.04 Å². The molecule has 2 aromatic rings. The van der Waals surface area contributed by atoms with E-state index in [0.717, 1.165) is 22.3 Å². The number of anilines is 1.